The van der Waals surface area contributed by atoms with Gasteiger partial charge in [0, 0.05) is 19.1 Å². The second-order valence-electron chi connectivity index (χ2n) is 7.87. The monoisotopic (exact) mass is 283 g/mol. The number of ether oxygens (including phenoxy) is 2. The van der Waals surface area contributed by atoms with E-state index < -0.39 is 0 Å². The summed E-state index contributed by atoms with van der Waals surface area (Å²) in [6.45, 7) is 8.90. The quantitative estimate of drug-likeness (QED) is 0.856. The molecular weight excluding hydrogens is 250 g/mol. The van der Waals surface area contributed by atoms with Gasteiger partial charge in [0.15, 0.2) is 0 Å². The van der Waals surface area contributed by atoms with E-state index in [2.05, 4.69) is 40.1 Å². The predicted molar refractivity (Wildman–Crippen MR) is 83.0 cm³/mol. The van der Waals surface area contributed by atoms with Gasteiger partial charge < -0.3 is 14.8 Å². The van der Waals surface area contributed by atoms with Crippen LogP contribution in [0.5, 0.6) is 0 Å². The van der Waals surface area contributed by atoms with Gasteiger partial charge in [0.05, 0.1) is 16.8 Å². The fourth-order valence-corrected chi connectivity index (χ4v) is 4.75. The van der Waals surface area contributed by atoms with Crippen molar-refractivity contribution in [2.24, 2.45) is 5.92 Å². The van der Waals surface area contributed by atoms with Gasteiger partial charge in [-0.1, -0.05) is 19.3 Å². The molecule has 1 N–H and O–H groups in total. The highest BCUT2D eigenvalue weighted by Crippen LogP contribution is 2.48. The fraction of sp³-hybridized carbons (Fsp3) is 1.00. The molecule has 0 radical (unpaired) electrons. The Balaban J connectivity index is 2.27. The third-order valence-electron chi connectivity index (χ3n) is 5.53. The van der Waals surface area contributed by atoms with Crippen LogP contribution in [-0.2, 0) is 9.47 Å². The zero-order chi connectivity index (χ0) is 15.0. The van der Waals surface area contributed by atoms with E-state index in [1.54, 1.807) is 0 Å². The van der Waals surface area contributed by atoms with Crippen molar-refractivity contribution in [1.29, 1.82) is 0 Å². The first-order valence-electron chi connectivity index (χ1n) is 8.19. The molecule has 1 saturated carbocycles. The summed E-state index contributed by atoms with van der Waals surface area (Å²) in [5.41, 5.74) is -0.147. The Morgan fingerprint density at radius 2 is 1.70 bits per heavy atom. The summed E-state index contributed by atoms with van der Waals surface area (Å²) in [6.07, 6.45) is 7.34. The average Bonchev–Trinajstić information content (AvgIpc) is 2.59. The van der Waals surface area contributed by atoms with Crippen LogP contribution in [-0.4, -0.2) is 37.0 Å². The van der Waals surface area contributed by atoms with Gasteiger partial charge in [0.2, 0.25) is 0 Å². The standard InChI is InChI=1S/C17H33NO2/c1-15(2)12-13(16(3,4)20-15)14(18-5)17(19-6)10-8-7-9-11-17/h13-14,18H,7-12H2,1-6H3. The van der Waals surface area contributed by atoms with Crippen LogP contribution in [0.1, 0.15) is 66.2 Å². The van der Waals surface area contributed by atoms with Crippen molar-refractivity contribution in [3.63, 3.8) is 0 Å². The molecule has 2 aliphatic rings. The Morgan fingerprint density at radius 1 is 1.10 bits per heavy atom. The molecule has 2 atom stereocenters. The highest BCUT2D eigenvalue weighted by Gasteiger charge is 2.54. The van der Waals surface area contributed by atoms with E-state index in [4.69, 9.17) is 9.47 Å². The molecule has 118 valence electrons. The second-order valence-corrected chi connectivity index (χ2v) is 7.87. The number of methoxy groups -OCH3 is 1. The minimum atomic E-state index is -0.0971. The van der Waals surface area contributed by atoms with Crippen molar-refractivity contribution in [3.8, 4) is 0 Å². The molecular formula is C17H33NO2. The van der Waals surface area contributed by atoms with Crippen LogP contribution in [0.3, 0.4) is 0 Å². The fourth-order valence-electron chi connectivity index (χ4n) is 4.75. The lowest BCUT2D eigenvalue weighted by Crippen LogP contribution is -2.59. The number of hydrogen-bond donors (Lipinski definition) is 1. The lowest BCUT2D eigenvalue weighted by Gasteiger charge is -2.47. The smallest absolute Gasteiger partial charge is 0.0834 e. The van der Waals surface area contributed by atoms with Crippen LogP contribution < -0.4 is 5.32 Å². The number of likely N-dealkylation sites (N-methyl/N-ethyl adjacent to an activating group) is 1. The SMILES string of the molecule is CNC(C1CC(C)(C)OC1(C)C)C1(OC)CCCCC1. The summed E-state index contributed by atoms with van der Waals surface area (Å²) >= 11 is 0. The van der Waals surface area contributed by atoms with Gasteiger partial charge >= 0.3 is 0 Å². The van der Waals surface area contributed by atoms with Gasteiger partial charge in [0.1, 0.15) is 0 Å². The Morgan fingerprint density at radius 3 is 2.10 bits per heavy atom. The van der Waals surface area contributed by atoms with Gasteiger partial charge in [-0.3, -0.25) is 0 Å². The zero-order valence-electron chi connectivity index (χ0n) is 14.2. The molecule has 3 heteroatoms. The maximum atomic E-state index is 6.32. The first-order valence-corrected chi connectivity index (χ1v) is 8.19. The highest BCUT2D eigenvalue weighted by molar-refractivity contribution is 5.07. The molecule has 0 aromatic heterocycles. The molecule has 1 saturated heterocycles. The van der Waals surface area contributed by atoms with E-state index in [9.17, 15) is 0 Å². The lowest BCUT2D eigenvalue weighted by molar-refractivity contribution is -0.113. The predicted octanol–water partition coefficient (Wildman–Crippen LogP) is 3.52. The zero-order valence-corrected chi connectivity index (χ0v) is 14.2. The van der Waals surface area contributed by atoms with E-state index in [0.29, 0.717) is 12.0 Å². The Hall–Kier alpha value is -0.120. The van der Waals surface area contributed by atoms with Gasteiger partial charge in [-0.25, -0.2) is 0 Å². The molecule has 1 aliphatic carbocycles. The molecule has 0 amide bonds. The molecule has 2 rings (SSSR count). The molecule has 0 spiro atoms. The third kappa shape index (κ3) is 2.90. The number of nitrogens with one attached hydrogen (secondary N) is 1. The van der Waals surface area contributed by atoms with Crippen molar-refractivity contribution in [2.45, 2.75) is 89.1 Å². The molecule has 2 fully saturated rings. The lowest BCUT2D eigenvalue weighted by atomic mass is 9.69. The minimum absolute atomic E-state index is 0.0152. The molecule has 3 nitrogen and oxygen atoms in total. The van der Waals surface area contributed by atoms with Crippen LogP contribution in [0, 0.1) is 5.92 Å². The summed E-state index contributed by atoms with van der Waals surface area (Å²) < 4.78 is 12.4. The summed E-state index contributed by atoms with van der Waals surface area (Å²) in [6, 6.07) is 0.365. The molecule has 0 bridgehead atoms. The molecule has 2 unspecified atom stereocenters. The first kappa shape index (κ1) is 16.3. The molecule has 0 aromatic rings. The summed E-state index contributed by atoms with van der Waals surface area (Å²) in [5, 5.41) is 3.59. The average molecular weight is 283 g/mol. The van der Waals surface area contributed by atoms with Crippen molar-refractivity contribution >= 4 is 0 Å². The molecule has 1 aliphatic heterocycles. The molecule has 1 heterocycles. The Bertz CT molecular complexity index is 332. The van der Waals surface area contributed by atoms with E-state index >= 15 is 0 Å². The maximum Gasteiger partial charge on any atom is 0.0834 e. The first-order chi connectivity index (χ1) is 9.26. The van der Waals surface area contributed by atoms with Crippen molar-refractivity contribution in [1.82, 2.24) is 5.32 Å². The second kappa shape index (κ2) is 5.58. The van der Waals surface area contributed by atoms with Gasteiger partial charge in [-0.05, 0) is 54.0 Å². The summed E-state index contributed by atoms with van der Waals surface area (Å²) in [5.74, 6) is 0.487. The van der Waals surface area contributed by atoms with E-state index in [0.717, 1.165) is 6.42 Å². The third-order valence-corrected chi connectivity index (χ3v) is 5.53. The Kier molecular flexibility index (Phi) is 4.54. The highest BCUT2D eigenvalue weighted by atomic mass is 16.5. The number of rotatable bonds is 4. The van der Waals surface area contributed by atoms with E-state index in [-0.39, 0.29) is 16.8 Å². The topological polar surface area (TPSA) is 30.5 Å². The Labute approximate surface area is 124 Å². The van der Waals surface area contributed by atoms with Crippen molar-refractivity contribution in [2.75, 3.05) is 14.2 Å². The van der Waals surface area contributed by atoms with E-state index in [1.807, 2.05) is 7.11 Å². The van der Waals surface area contributed by atoms with Crippen LogP contribution in [0.4, 0.5) is 0 Å². The normalized spacial score (nSPS) is 33.0. The van der Waals surface area contributed by atoms with Gasteiger partial charge in [-0.15, -0.1) is 0 Å². The molecule has 20 heavy (non-hydrogen) atoms. The van der Waals surface area contributed by atoms with Crippen LogP contribution in [0.15, 0.2) is 0 Å². The van der Waals surface area contributed by atoms with Crippen molar-refractivity contribution < 1.29 is 9.47 Å². The van der Waals surface area contributed by atoms with Crippen LogP contribution in [0.2, 0.25) is 0 Å². The number of hydrogen-bond acceptors (Lipinski definition) is 3. The summed E-state index contributed by atoms with van der Waals surface area (Å²) in [4.78, 5) is 0. The van der Waals surface area contributed by atoms with E-state index in [1.165, 1.54) is 32.1 Å². The van der Waals surface area contributed by atoms with Crippen LogP contribution >= 0.6 is 0 Å². The largest absolute Gasteiger partial charge is 0.377 e. The van der Waals surface area contributed by atoms with Gasteiger partial charge in [-0.2, -0.15) is 0 Å². The maximum absolute atomic E-state index is 6.32. The van der Waals surface area contributed by atoms with Crippen LogP contribution in [0.25, 0.3) is 0 Å². The van der Waals surface area contributed by atoms with Crippen molar-refractivity contribution in [3.05, 3.63) is 0 Å². The summed E-state index contributed by atoms with van der Waals surface area (Å²) in [7, 11) is 3.98. The van der Waals surface area contributed by atoms with Gasteiger partial charge in [0.25, 0.3) is 0 Å². The molecule has 0 aromatic carbocycles. The minimum Gasteiger partial charge on any atom is -0.377 e.